The largest absolute Gasteiger partial charge is 0.467 e. The van der Waals surface area contributed by atoms with E-state index in [2.05, 4.69) is 24.5 Å². The Balaban J connectivity index is 2.03. The second kappa shape index (κ2) is 11.6. The summed E-state index contributed by atoms with van der Waals surface area (Å²) in [5, 5.41) is 6.43. The summed E-state index contributed by atoms with van der Waals surface area (Å²) in [7, 11) is 1.27. The first-order valence-electron chi connectivity index (χ1n) is 9.65. The number of halogens is 2. The highest BCUT2D eigenvalue weighted by molar-refractivity contribution is 6.39. The summed E-state index contributed by atoms with van der Waals surface area (Å²) in [6.45, 7) is 5.21. The van der Waals surface area contributed by atoms with E-state index in [0.717, 1.165) is 17.8 Å². The van der Waals surface area contributed by atoms with Gasteiger partial charge < -0.3 is 15.4 Å². The molecule has 0 saturated heterocycles. The topological polar surface area (TPSA) is 67.4 Å². The molecule has 2 aromatic carbocycles. The molecule has 0 radical (unpaired) electrons. The molecule has 0 heterocycles. The normalized spacial score (nSPS) is 12.1. The molecule has 2 rings (SSSR count). The molecule has 2 aromatic rings. The van der Waals surface area contributed by atoms with Gasteiger partial charge in [-0.15, -0.1) is 0 Å². The number of amides is 1. The zero-order chi connectivity index (χ0) is 22.1. The molecular weight excluding hydrogens is 423 g/mol. The zero-order valence-corrected chi connectivity index (χ0v) is 18.8. The fourth-order valence-electron chi connectivity index (χ4n) is 2.68. The number of hydrogen-bond donors (Lipinski definition) is 2. The molecule has 0 aliphatic rings. The lowest BCUT2D eigenvalue weighted by atomic mass is 10.1. The fourth-order valence-corrected chi connectivity index (χ4v) is 3.24. The van der Waals surface area contributed by atoms with E-state index in [1.165, 1.54) is 7.11 Å². The molecule has 160 valence electrons. The lowest BCUT2D eigenvalue weighted by Crippen LogP contribution is -2.41. The molecule has 0 aliphatic heterocycles. The first-order chi connectivity index (χ1) is 14.3. The van der Waals surface area contributed by atoms with E-state index in [1.807, 2.05) is 36.4 Å². The second-order valence-electron chi connectivity index (χ2n) is 7.18. The monoisotopic (exact) mass is 448 g/mol. The molecule has 30 heavy (non-hydrogen) atoms. The van der Waals surface area contributed by atoms with Crippen molar-refractivity contribution >= 4 is 46.8 Å². The first kappa shape index (κ1) is 23.8. The standard InChI is InChI=1S/C23H26Cl2N2O3/c1-15(2)14-26-17-12-10-16(11-13-17)6-4-9-20(23(29)30-3)27-22(28)21-18(24)7-5-8-19(21)25/h4-8,10-13,15,20,26H,9,14H2,1-3H3,(H,27,28)/b6-4+. The molecule has 1 amide bonds. The first-order valence-corrected chi connectivity index (χ1v) is 10.4. The van der Waals surface area contributed by atoms with Crippen molar-refractivity contribution in [2.24, 2.45) is 5.92 Å². The number of carbonyl (C=O) groups excluding carboxylic acids is 2. The Labute approximate surface area is 187 Å². The third-order valence-corrected chi connectivity index (χ3v) is 4.92. The molecule has 2 N–H and O–H groups in total. The minimum absolute atomic E-state index is 0.128. The third kappa shape index (κ3) is 7.08. The Hall–Kier alpha value is -2.50. The zero-order valence-electron chi connectivity index (χ0n) is 17.2. The second-order valence-corrected chi connectivity index (χ2v) is 8.00. The molecule has 1 unspecified atom stereocenters. The van der Waals surface area contributed by atoms with Gasteiger partial charge in [0.1, 0.15) is 6.04 Å². The van der Waals surface area contributed by atoms with Crippen molar-refractivity contribution in [3.63, 3.8) is 0 Å². The van der Waals surface area contributed by atoms with Crippen molar-refractivity contribution < 1.29 is 14.3 Å². The van der Waals surface area contributed by atoms with E-state index in [-0.39, 0.29) is 22.0 Å². The van der Waals surface area contributed by atoms with Crippen LogP contribution in [0.15, 0.2) is 48.5 Å². The van der Waals surface area contributed by atoms with Gasteiger partial charge >= 0.3 is 5.97 Å². The smallest absolute Gasteiger partial charge is 0.328 e. The maximum Gasteiger partial charge on any atom is 0.328 e. The summed E-state index contributed by atoms with van der Waals surface area (Å²) in [5.74, 6) is -0.518. The lowest BCUT2D eigenvalue weighted by Gasteiger charge is -2.16. The number of carbonyl (C=O) groups is 2. The fraction of sp³-hybridized carbons (Fsp3) is 0.304. The highest BCUT2D eigenvalue weighted by Crippen LogP contribution is 2.24. The molecule has 0 aliphatic carbocycles. The Bertz CT molecular complexity index is 876. The average molecular weight is 449 g/mol. The SMILES string of the molecule is COC(=O)C(C/C=C/c1ccc(NCC(C)C)cc1)NC(=O)c1c(Cl)cccc1Cl. The third-order valence-electron chi connectivity index (χ3n) is 4.29. The Kier molecular flexibility index (Phi) is 9.21. The summed E-state index contributed by atoms with van der Waals surface area (Å²) >= 11 is 12.2. The summed E-state index contributed by atoms with van der Waals surface area (Å²) in [6, 6.07) is 11.9. The molecule has 1 atom stereocenters. The number of nitrogens with one attached hydrogen (secondary N) is 2. The van der Waals surface area contributed by atoms with Crippen LogP contribution >= 0.6 is 23.2 Å². The van der Waals surface area contributed by atoms with Crippen molar-refractivity contribution in [2.45, 2.75) is 26.3 Å². The Morgan fingerprint density at radius 2 is 1.70 bits per heavy atom. The quantitative estimate of drug-likeness (QED) is 0.501. The molecule has 0 spiro atoms. The number of rotatable bonds is 9. The molecule has 0 fully saturated rings. The van der Waals surface area contributed by atoms with Crippen LogP contribution in [0.1, 0.15) is 36.2 Å². The van der Waals surface area contributed by atoms with Crippen molar-refractivity contribution in [3.8, 4) is 0 Å². The van der Waals surface area contributed by atoms with Crippen LogP contribution in [0, 0.1) is 5.92 Å². The van der Waals surface area contributed by atoms with Gasteiger partial charge in [-0.2, -0.15) is 0 Å². The number of ether oxygens (including phenoxy) is 1. The summed E-state index contributed by atoms with van der Waals surface area (Å²) in [4.78, 5) is 24.7. The van der Waals surface area contributed by atoms with E-state index in [1.54, 1.807) is 18.2 Å². The predicted octanol–water partition coefficient (Wildman–Crippen LogP) is 5.44. The van der Waals surface area contributed by atoms with Crippen LogP contribution in [0.3, 0.4) is 0 Å². The van der Waals surface area contributed by atoms with Gasteiger partial charge in [-0.05, 0) is 42.2 Å². The van der Waals surface area contributed by atoms with Crippen molar-refractivity contribution in [1.29, 1.82) is 0 Å². The molecule has 0 bridgehead atoms. The van der Waals surface area contributed by atoms with Gasteiger partial charge in [0, 0.05) is 12.2 Å². The van der Waals surface area contributed by atoms with Gasteiger partial charge in [0.05, 0.1) is 22.7 Å². The number of esters is 1. The molecule has 0 saturated carbocycles. The van der Waals surface area contributed by atoms with E-state index in [9.17, 15) is 9.59 Å². The van der Waals surface area contributed by atoms with Crippen LogP contribution in [-0.2, 0) is 9.53 Å². The summed E-state index contributed by atoms with van der Waals surface area (Å²) in [5.41, 5.74) is 2.16. The van der Waals surface area contributed by atoms with Crippen LogP contribution in [-0.4, -0.2) is 31.6 Å². The number of benzene rings is 2. The minimum atomic E-state index is -0.863. The van der Waals surface area contributed by atoms with Gasteiger partial charge in [-0.1, -0.05) is 67.4 Å². The van der Waals surface area contributed by atoms with E-state index < -0.39 is 17.9 Å². The Morgan fingerprint density at radius 1 is 1.07 bits per heavy atom. The van der Waals surface area contributed by atoms with Gasteiger partial charge in [-0.3, -0.25) is 4.79 Å². The van der Waals surface area contributed by atoms with Gasteiger partial charge in [0.25, 0.3) is 5.91 Å². The highest BCUT2D eigenvalue weighted by Gasteiger charge is 2.23. The number of hydrogen-bond acceptors (Lipinski definition) is 4. The van der Waals surface area contributed by atoms with Crippen molar-refractivity contribution in [3.05, 3.63) is 69.7 Å². The van der Waals surface area contributed by atoms with Gasteiger partial charge in [0.2, 0.25) is 0 Å². The maximum absolute atomic E-state index is 12.6. The van der Waals surface area contributed by atoms with E-state index in [4.69, 9.17) is 27.9 Å². The van der Waals surface area contributed by atoms with Crippen LogP contribution < -0.4 is 10.6 Å². The summed E-state index contributed by atoms with van der Waals surface area (Å²) in [6.07, 6.45) is 3.96. The Morgan fingerprint density at radius 3 is 2.27 bits per heavy atom. The number of anilines is 1. The molecule has 5 nitrogen and oxygen atoms in total. The minimum Gasteiger partial charge on any atom is -0.467 e. The highest BCUT2D eigenvalue weighted by atomic mass is 35.5. The molecule has 7 heteroatoms. The van der Waals surface area contributed by atoms with Crippen LogP contribution in [0.25, 0.3) is 6.08 Å². The van der Waals surface area contributed by atoms with Crippen LogP contribution in [0.2, 0.25) is 10.0 Å². The summed E-state index contributed by atoms with van der Waals surface area (Å²) < 4.78 is 4.81. The van der Waals surface area contributed by atoms with Crippen LogP contribution in [0.5, 0.6) is 0 Å². The predicted molar refractivity (Wildman–Crippen MR) is 123 cm³/mol. The maximum atomic E-state index is 12.6. The van der Waals surface area contributed by atoms with Crippen molar-refractivity contribution in [2.75, 3.05) is 19.0 Å². The lowest BCUT2D eigenvalue weighted by molar-refractivity contribution is -0.142. The van der Waals surface area contributed by atoms with E-state index >= 15 is 0 Å². The molecule has 0 aromatic heterocycles. The average Bonchev–Trinajstić information content (AvgIpc) is 2.71. The van der Waals surface area contributed by atoms with Gasteiger partial charge in [0.15, 0.2) is 0 Å². The van der Waals surface area contributed by atoms with Crippen molar-refractivity contribution in [1.82, 2.24) is 5.32 Å². The van der Waals surface area contributed by atoms with Crippen LogP contribution in [0.4, 0.5) is 5.69 Å². The number of methoxy groups -OCH3 is 1. The van der Waals surface area contributed by atoms with Gasteiger partial charge in [-0.25, -0.2) is 4.79 Å². The molecular formula is C23H26Cl2N2O3. The van der Waals surface area contributed by atoms with E-state index in [0.29, 0.717) is 5.92 Å².